The first-order valence-electron chi connectivity index (χ1n) is 8.82. The number of carbonyl (C=O) groups excluding carboxylic acids is 1. The Kier molecular flexibility index (Phi) is 5.09. The van der Waals surface area contributed by atoms with E-state index in [9.17, 15) is 9.90 Å². The van der Waals surface area contributed by atoms with Gasteiger partial charge in [-0.1, -0.05) is 55.5 Å². The van der Waals surface area contributed by atoms with Gasteiger partial charge < -0.3 is 15.2 Å². The second-order valence-corrected chi connectivity index (χ2v) is 6.84. The maximum Gasteiger partial charge on any atom is 0.407 e. The molecule has 0 saturated heterocycles. The van der Waals surface area contributed by atoms with Gasteiger partial charge in [0, 0.05) is 18.1 Å². The molecule has 2 aromatic rings. The first kappa shape index (κ1) is 17.5. The molecule has 132 valence electrons. The summed E-state index contributed by atoms with van der Waals surface area (Å²) in [5.41, 5.74) is 4.38. The van der Waals surface area contributed by atoms with E-state index in [2.05, 4.69) is 29.6 Å². The van der Waals surface area contributed by atoms with Crippen molar-refractivity contribution in [1.82, 2.24) is 5.32 Å². The van der Waals surface area contributed by atoms with E-state index in [-0.39, 0.29) is 12.5 Å². The first-order chi connectivity index (χ1) is 12.1. The van der Waals surface area contributed by atoms with Gasteiger partial charge in [0.25, 0.3) is 0 Å². The van der Waals surface area contributed by atoms with Crippen molar-refractivity contribution in [3.8, 4) is 11.1 Å². The normalized spacial score (nSPS) is 15.2. The van der Waals surface area contributed by atoms with Crippen LogP contribution < -0.4 is 5.32 Å². The van der Waals surface area contributed by atoms with Gasteiger partial charge in [-0.25, -0.2) is 4.79 Å². The lowest BCUT2D eigenvalue weighted by Crippen LogP contribution is -2.46. The second-order valence-electron chi connectivity index (χ2n) is 6.84. The van der Waals surface area contributed by atoms with Crippen LogP contribution >= 0.6 is 0 Å². The number of nitrogens with one attached hydrogen (secondary N) is 1. The van der Waals surface area contributed by atoms with Crippen molar-refractivity contribution in [2.45, 2.75) is 38.1 Å². The number of hydrogen-bond donors (Lipinski definition) is 2. The molecular weight excluding hydrogens is 314 g/mol. The van der Waals surface area contributed by atoms with Crippen molar-refractivity contribution in [3.63, 3.8) is 0 Å². The van der Waals surface area contributed by atoms with Gasteiger partial charge in [-0.3, -0.25) is 0 Å². The SMILES string of the molecule is CCC(C)(CCO)NC(=O)OCC1c2ccccc2-c2ccccc21. The zero-order valence-corrected chi connectivity index (χ0v) is 14.8. The molecule has 4 nitrogen and oxygen atoms in total. The zero-order chi connectivity index (χ0) is 17.9. The third-order valence-corrected chi connectivity index (χ3v) is 5.19. The highest BCUT2D eigenvalue weighted by molar-refractivity contribution is 5.79. The monoisotopic (exact) mass is 339 g/mol. The summed E-state index contributed by atoms with van der Waals surface area (Å²) in [6, 6.07) is 16.5. The van der Waals surface area contributed by atoms with E-state index in [0.717, 1.165) is 6.42 Å². The van der Waals surface area contributed by atoms with Crippen LogP contribution in [0.15, 0.2) is 48.5 Å². The predicted molar refractivity (Wildman–Crippen MR) is 98.6 cm³/mol. The van der Waals surface area contributed by atoms with Crippen LogP contribution in [0.25, 0.3) is 11.1 Å². The summed E-state index contributed by atoms with van der Waals surface area (Å²) in [4.78, 5) is 12.3. The minimum absolute atomic E-state index is 0.0357. The molecule has 0 bridgehead atoms. The summed E-state index contributed by atoms with van der Waals surface area (Å²) >= 11 is 0. The van der Waals surface area contributed by atoms with E-state index in [0.29, 0.717) is 13.0 Å². The van der Waals surface area contributed by atoms with Crippen molar-refractivity contribution in [1.29, 1.82) is 0 Å². The molecule has 2 N–H and O–H groups in total. The highest BCUT2D eigenvalue weighted by Gasteiger charge is 2.30. The Morgan fingerprint density at radius 1 is 1.12 bits per heavy atom. The molecule has 0 fully saturated rings. The quantitative estimate of drug-likeness (QED) is 0.834. The maximum absolute atomic E-state index is 12.3. The highest BCUT2D eigenvalue weighted by Crippen LogP contribution is 2.44. The molecular formula is C21H25NO3. The molecule has 1 aliphatic rings. The Bertz CT molecular complexity index is 713. The minimum atomic E-state index is -0.447. The van der Waals surface area contributed by atoms with Gasteiger partial charge in [0.2, 0.25) is 0 Å². The summed E-state index contributed by atoms with van der Waals surface area (Å²) in [6.07, 6.45) is 0.811. The molecule has 1 aliphatic carbocycles. The van der Waals surface area contributed by atoms with Crippen molar-refractivity contribution in [3.05, 3.63) is 59.7 Å². The lowest BCUT2D eigenvalue weighted by Gasteiger charge is -2.28. The second kappa shape index (κ2) is 7.28. The molecule has 0 aliphatic heterocycles. The van der Waals surface area contributed by atoms with Gasteiger partial charge in [0.05, 0.1) is 0 Å². The van der Waals surface area contributed by atoms with Crippen LogP contribution in [0.2, 0.25) is 0 Å². The number of ether oxygens (including phenoxy) is 1. The highest BCUT2D eigenvalue weighted by atomic mass is 16.5. The molecule has 0 aromatic heterocycles. The number of rotatable bonds is 6. The van der Waals surface area contributed by atoms with E-state index in [1.54, 1.807) is 0 Å². The molecule has 1 unspecified atom stereocenters. The van der Waals surface area contributed by atoms with Crippen LogP contribution in [-0.2, 0) is 4.74 Å². The average Bonchev–Trinajstić information content (AvgIpc) is 2.94. The lowest BCUT2D eigenvalue weighted by atomic mass is 9.95. The van der Waals surface area contributed by atoms with Crippen LogP contribution in [-0.4, -0.2) is 30.0 Å². The molecule has 0 radical (unpaired) electrons. The van der Waals surface area contributed by atoms with Gasteiger partial charge >= 0.3 is 6.09 Å². The largest absolute Gasteiger partial charge is 0.449 e. The summed E-state index contributed by atoms with van der Waals surface area (Å²) in [5.74, 6) is 0.0591. The standard InChI is InChI=1S/C21H25NO3/c1-3-21(2,12-13-23)22-20(24)25-14-19-17-10-6-4-8-15(17)16-9-5-7-11-18(16)19/h4-11,19,23H,3,12-14H2,1-2H3,(H,22,24). The van der Waals surface area contributed by atoms with Crippen molar-refractivity contribution in [2.75, 3.05) is 13.2 Å². The third-order valence-electron chi connectivity index (χ3n) is 5.19. The van der Waals surface area contributed by atoms with E-state index < -0.39 is 11.6 Å². The van der Waals surface area contributed by atoms with E-state index in [4.69, 9.17) is 4.74 Å². The number of fused-ring (bicyclic) bond motifs is 3. The predicted octanol–water partition coefficient (Wildman–Crippen LogP) is 4.08. The maximum atomic E-state index is 12.3. The molecule has 25 heavy (non-hydrogen) atoms. The van der Waals surface area contributed by atoms with Gasteiger partial charge in [-0.15, -0.1) is 0 Å². The number of carbonyl (C=O) groups is 1. The summed E-state index contributed by atoms with van der Waals surface area (Å²) in [7, 11) is 0. The Labute approximate surface area is 148 Å². The van der Waals surface area contributed by atoms with Crippen LogP contribution in [0.3, 0.4) is 0 Å². The average molecular weight is 339 g/mol. The van der Waals surface area contributed by atoms with Crippen molar-refractivity contribution >= 4 is 6.09 Å². The van der Waals surface area contributed by atoms with E-state index in [1.165, 1.54) is 22.3 Å². The number of aliphatic hydroxyl groups is 1. The summed E-state index contributed by atoms with van der Waals surface area (Å²) < 4.78 is 5.55. The summed E-state index contributed by atoms with van der Waals surface area (Å²) in [5, 5.41) is 12.1. The molecule has 1 amide bonds. The minimum Gasteiger partial charge on any atom is -0.449 e. The fourth-order valence-electron chi connectivity index (χ4n) is 3.46. The number of benzene rings is 2. The van der Waals surface area contributed by atoms with Gasteiger partial charge in [-0.2, -0.15) is 0 Å². The smallest absolute Gasteiger partial charge is 0.407 e. The van der Waals surface area contributed by atoms with Crippen molar-refractivity contribution < 1.29 is 14.6 Å². The molecule has 1 atom stereocenters. The van der Waals surface area contributed by atoms with Crippen LogP contribution in [0.1, 0.15) is 43.7 Å². The van der Waals surface area contributed by atoms with E-state index in [1.807, 2.05) is 38.1 Å². The van der Waals surface area contributed by atoms with E-state index >= 15 is 0 Å². The summed E-state index contributed by atoms with van der Waals surface area (Å²) in [6.45, 7) is 4.25. The number of hydrogen-bond acceptors (Lipinski definition) is 3. The van der Waals surface area contributed by atoms with Crippen LogP contribution in [0, 0.1) is 0 Å². The molecule has 4 heteroatoms. The van der Waals surface area contributed by atoms with Crippen molar-refractivity contribution in [2.24, 2.45) is 0 Å². The van der Waals surface area contributed by atoms with Gasteiger partial charge in [0.15, 0.2) is 0 Å². The zero-order valence-electron chi connectivity index (χ0n) is 14.8. The van der Waals surface area contributed by atoms with Gasteiger partial charge in [0.1, 0.15) is 6.61 Å². The third kappa shape index (κ3) is 3.54. The lowest BCUT2D eigenvalue weighted by molar-refractivity contribution is 0.124. The van der Waals surface area contributed by atoms with Crippen LogP contribution in [0.4, 0.5) is 4.79 Å². The molecule has 0 saturated carbocycles. The Balaban J connectivity index is 1.72. The fourth-order valence-corrected chi connectivity index (χ4v) is 3.46. The van der Waals surface area contributed by atoms with Gasteiger partial charge in [-0.05, 0) is 42.0 Å². The number of aliphatic hydroxyl groups excluding tert-OH is 1. The topological polar surface area (TPSA) is 58.6 Å². The first-order valence-corrected chi connectivity index (χ1v) is 8.82. The Hall–Kier alpha value is -2.33. The number of alkyl carbamates (subject to hydrolysis) is 1. The number of amides is 1. The molecule has 0 heterocycles. The molecule has 3 rings (SSSR count). The molecule has 0 spiro atoms. The van der Waals surface area contributed by atoms with Crippen LogP contribution in [0.5, 0.6) is 0 Å². The fraction of sp³-hybridized carbons (Fsp3) is 0.381. The molecule has 2 aromatic carbocycles. The Morgan fingerprint density at radius 3 is 2.20 bits per heavy atom. The Morgan fingerprint density at radius 2 is 1.68 bits per heavy atom.